The van der Waals surface area contributed by atoms with Crippen molar-refractivity contribution in [2.45, 2.75) is 12.5 Å². The molecule has 0 bridgehead atoms. The molecule has 8 nitrogen and oxygen atoms in total. The summed E-state index contributed by atoms with van der Waals surface area (Å²) in [4.78, 5) is 26.7. The molecule has 2 N–H and O–H groups in total. The van der Waals surface area contributed by atoms with Gasteiger partial charge in [0.15, 0.2) is 5.82 Å². The fraction of sp³-hybridized carbons (Fsp3) is 0.421. The summed E-state index contributed by atoms with van der Waals surface area (Å²) in [6.07, 6.45) is 2.92. The van der Waals surface area contributed by atoms with E-state index in [2.05, 4.69) is 15.7 Å². The number of nitrogens with zero attached hydrogens (tertiary/aromatic N) is 3. The smallest absolute Gasteiger partial charge is 0.256 e. The van der Waals surface area contributed by atoms with Crippen LogP contribution in [0.4, 0.5) is 5.82 Å². The summed E-state index contributed by atoms with van der Waals surface area (Å²) < 4.78 is 7.16. The molecule has 1 unspecified atom stereocenters. The fourth-order valence-electron chi connectivity index (χ4n) is 3.37. The summed E-state index contributed by atoms with van der Waals surface area (Å²) in [5, 5.41) is 10.5. The number of nitrogens with one attached hydrogen (secondary N) is 2. The lowest BCUT2D eigenvalue weighted by Gasteiger charge is -2.26. The molecule has 8 heteroatoms. The number of amides is 2. The van der Waals surface area contributed by atoms with Crippen molar-refractivity contribution in [3.05, 3.63) is 47.7 Å². The van der Waals surface area contributed by atoms with Crippen molar-refractivity contribution in [2.24, 2.45) is 0 Å². The Morgan fingerprint density at radius 1 is 1.11 bits per heavy atom. The van der Waals surface area contributed by atoms with Crippen molar-refractivity contribution in [1.82, 2.24) is 20.0 Å². The highest BCUT2D eigenvalue weighted by Crippen LogP contribution is 2.16. The number of hydrogen-bond donors (Lipinski definition) is 2. The van der Waals surface area contributed by atoms with E-state index in [1.54, 1.807) is 35.2 Å². The molecule has 2 amide bonds. The second kappa shape index (κ2) is 7.89. The number of aromatic nitrogens is 2. The number of anilines is 1. The van der Waals surface area contributed by atoms with Gasteiger partial charge in [-0.15, -0.1) is 0 Å². The quantitative estimate of drug-likeness (QED) is 0.844. The second-order valence-electron chi connectivity index (χ2n) is 6.76. The zero-order valence-electron chi connectivity index (χ0n) is 15.1. The van der Waals surface area contributed by atoms with Gasteiger partial charge in [-0.25, -0.2) is 0 Å². The molecule has 1 aromatic carbocycles. The first-order valence-electron chi connectivity index (χ1n) is 9.25. The van der Waals surface area contributed by atoms with Crippen LogP contribution in [0.25, 0.3) is 0 Å². The molecule has 142 valence electrons. The molecule has 1 aromatic heterocycles. The lowest BCUT2D eigenvalue weighted by atomic mass is 10.1. The highest BCUT2D eigenvalue weighted by Gasteiger charge is 2.20. The Bertz CT molecular complexity index is 805. The number of carbonyl (C=O) groups is 2. The highest BCUT2D eigenvalue weighted by molar-refractivity contribution is 6.04. The minimum atomic E-state index is -0.241. The minimum absolute atomic E-state index is 0.0332. The largest absolute Gasteiger partial charge is 0.378 e. The van der Waals surface area contributed by atoms with Crippen LogP contribution in [0.3, 0.4) is 0 Å². The molecule has 1 atom stereocenters. The molecule has 0 spiro atoms. The Morgan fingerprint density at radius 2 is 1.85 bits per heavy atom. The van der Waals surface area contributed by atoms with E-state index < -0.39 is 0 Å². The van der Waals surface area contributed by atoms with Crippen LogP contribution in [0.15, 0.2) is 36.5 Å². The number of benzene rings is 1. The maximum Gasteiger partial charge on any atom is 0.256 e. The van der Waals surface area contributed by atoms with Gasteiger partial charge >= 0.3 is 0 Å². The van der Waals surface area contributed by atoms with Crippen LogP contribution in [-0.4, -0.2) is 65.9 Å². The molecule has 27 heavy (non-hydrogen) atoms. The molecule has 2 aromatic rings. The summed E-state index contributed by atoms with van der Waals surface area (Å²) in [5.41, 5.74) is 1.07. The van der Waals surface area contributed by atoms with Crippen molar-refractivity contribution in [3.8, 4) is 0 Å². The molecule has 2 saturated heterocycles. The average molecular weight is 369 g/mol. The molecule has 2 aliphatic heterocycles. The molecule has 2 fully saturated rings. The number of morpholine rings is 1. The third kappa shape index (κ3) is 4.01. The van der Waals surface area contributed by atoms with Gasteiger partial charge in [-0.1, -0.05) is 0 Å². The van der Waals surface area contributed by atoms with Gasteiger partial charge in [0.25, 0.3) is 11.8 Å². The third-order valence-corrected chi connectivity index (χ3v) is 4.95. The van der Waals surface area contributed by atoms with Gasteiger partial charge in [0.2, 0.25) is 0 Å². The van der Waals surface area contributed by atoms with E-state index in [9.17, 15) is 9.59 Å². The summed E-state index contributed by atoms with van der Waals surface area (Å²) in [6.45, 7) is 4.21. The first-order valence-corrected chi connectivity index (χ1v) is 9.25. The standard InChI is InChI=1S/C19H23N5O3/c25-18(21-17-6-8-24(22-17)16-5-7-20-13-16)14-1-3-15(4-2-14)19(26)23-9-11-27-12-10-23/h1-4,6,8,16,20H,5,7,9-13H2,(H,21,22,25). The molecular weight excluding hydrogens is 346 g/mol. The van der Waals surface area contributed by atoms with Gasteiger partial charge in [-0.2, -0.15) is 5.10 Å². The van der Waals surface area contributed by atoms with Crippen molar-refractivity contribution >= 4 is 17.6 Å². The Morgan fingerprint density at radius 3 is 2.56 bits per heavy atom. The summed E-state index contributed by atoms with van der Waals surface area (Å²) >= 11 is 0. The van der Waals surface area contributed by atoms with Gasteiger partial charge < -0.3 is 20.3 Å². The second-order valence-corrected chi connectivity index (χ2v) is 6.76. The van der Waals surface area contributed by atoms with Crippen molar-refractivity contribution in [1.29, 1.82) is 0 Å². The summed E-state index contributed by atoms with van der Waals surface area (Å²) in [7, 11) is 0. The van der Waals surface area contributed by atoms with Gasteiger partial charge in [-0.05, 0) is 37.2 Å². The fourth-order valence-corrected chi connectivity index (χ4v) is 3.37. The van der Waals surface area contributed by atoms with E-state index in [1.807, 2.05) is 10.9 Å². The molecule has 0 radical (unpaired) electrons. The summed E-state index contributed by atoms with van der Waals surface area (Å²) in [5.74, 6) is 0.254. The average Bonchev–Trinajstić information content (AvgIpc) is 3.40. The molecule has 3 heterocycles. The Hall–Kier alpha value is -2.71. The van der Waals surface area contributed by atoms with E-state index in [4.69, 9.17) is 4.74 Å². The Labute approximate surface area is 157 Å². The van der Waals surface area contributed by atoms with Crippen LogP contribution in [0.2, 0.25) is 0 Å². The van der Waals surface area contributed by atoms with E-state index in [1.165, 1.54) is 0 Å². The topological polar surface area (TPSA) is 88.5 Å². The molecule has 0 saturated carbocycles. The SMILES string of the molecule is O=C(Nc1ccn(C2CCNC2)n1)c1ccc(C(=O)N2CCOCC2)cc1. The van der Waals surface area contributed by atoms with Crippen LogP contribution in [0.1, 0.15) is 33.2 Å². The lowest BCUT2D eigenvalue weighted by Crippen LogP contribution is -2.40. The van der Waals surface area contributed by atoms with Gasteiger partial charge in [0, 0.05) is 43.0 Å². The van der Waals surface area contributed by atoms with Gasteiger partial charge in [-0.3, -0.25) is 14.3 Å². The van der Waals surface area contributed by atoms with Gasteiger partial charge in [0.1, 0.15) is 0 Å². The van der Waals surface area contributed by atoms with E-state index >= 15 is 0 Å². The van der Waals surface area contributed by atoms with Crippen molar-refractivity contribution in [3.63, 3.8) is 0 Å². The van der Waals surface area contributed by atoms with Crippen molar-refractivity contribution in [2.75, 3.05) is 44.7 Å². The predicted molar refractivity (Wildman–Crippen MR) is 99.9 cm³/mol. The van der Waals surface area contributed by atoms with Crippen LogP contribution in [-0.2, 0) is 4.74 Å². The van der Waals surface area contributed by atoms with Crippen LogP contribution >= 0.6 is 0 Å². The third-order valence-electron chi connectivity index (χ3n) is 4.95. The van der Waals surface area contributed by atoms with Gasteiger partial charge in [0.05, 0.1) is 19.3 Å². The molecule has 4 rings (SSSR count). The Balaban J connectivity index is 1.38. The normalized spacial score (nSPS) is 19.9. The number of rotatable bonds is 4. The summed E-state index contributed by atoms with van der Waals surface area (Å²) in [6, 6.07) is 8.85. The van der Waals surface area contributed by atoms with Crippen molar-refractivity contribution < 1.29 is 14.3 Å². The maximum atomic E-state index is 12.5. The molecule has 2 aliphatic rings. The zero-order valence-corrected chi connectivity index (χ0v) is 15.1. The van der Waals surface area contributed by atoms with Crippen LogP contribution < -0.4 is 10.6 Å². The molecule has 0 aliphatic carbocycles. The van der Waals surface area contributed by atoms with Crippen LogP contribution in [0, 0.1) is 0 Å². The highest BCUT2D eigenvalue weighted by atomic mass is 16.5. The first kappa shape index (κ1) is 17.7. The minimum Gasteiger partial charge on any atom is -0.378 e. The van der Waals surface area contributed by atoms with E-state index in [0.717, 1.165) is 19.5 Å². The van der Waals surface area contributed by atoms with Crippen LogP contribution in [0.5, 0.6) is 0 Å². The number of carbonyl (C=O) groups excluding carboxylic acids is 2. The lowest BCUT2D eigenvalue weighted by molar-refractivity contribution is 0.0303. The zero-order chi connectivity index (χ0) is 18.6. The van der Waals surface area contributed by atoms with E-state index in [-0.39, 0.29) is 11.8 Å². The number of hydrogen-bond acceptors (Lipinski definition) is 5. The Kier molecular flexibility index (Phi) is 5.17. The molecular formula is C19H23N5O3. The number of ether oxygens (including phenoxy) is 1. The maximum absolute atomic E-state index is 12.5. The first-order chi connectivity index (χ1) is 13.2. The van der Waals surface area contributed by atoms with E-state index in [0.29, 0.717) is 49.3 Å². The predicted octanol–water partition coefficient (Wildman–Crippen LogP) is 1.14. The monoisotopic (exact) mass is 369 g/mol.